The summed E-state index contributed by atoms with van der Waals surface area (Å²) in [6.45, 7) is 5.34. The Kier molecular flexibility index (Phi) is 6.27. The maximum atomic E-state index is 5.59. The van der Waals surface area contributed by atoms with E-state index in [1.165, 1.54) is 16.0 Å². The molecule has 3 heteroatoms. The van der Waals surface area contributed by atoms with Gasteiger partial charge in [-0.05, 0) is 55.8 Å². The highest BCUT2D eigenvalue weighted by Gasteiger charge is 2.15. The van der Waals surface area contributed by atoms with Gasteiger partial charge in [-0.1, -0.05) is 25.1 Å². The van der Waals surface area contributed by atoms with E-state index in [4.69, 9.17) is 4.74 Å². The van der Waals surface area contributed by atoms with Crippen molar-refractivity contribution in [3.8, 4) is 5.75 Å². The zero-order valence-electron chi connectivity index (χ0n) is 13.2. The largest absolute Gasteiger partial charge is 0.496 e. The molecule has 1 atom stereocenters. The van der Waals surface area contributed by atoms with Gasteiger partial charge in [0, 0.05) is 16.5 Å². The summed E-state index contributed by atoms with van der Waals surface area (Å²) in [5, 5.41) is 5.82. The first-order valence-corrected chi connectivity index (χ1v) is 8.53. The third-order valence-electron chi connectivity index (χ3n) is 3.66. The molecular formula is C18H25NOS. The van der Waals surface area contributed by atoms with Crippen LogP contribution in [0.15, 0.2) is 35.7 Å². The number of methoxy groups -OCH3 is 1. The van der Waals surface area contributed by atoms with E-state index in [9.17, 15) is 0 Å². The quantitative estimate of drug-likeness (QED) is 0.760. The maximum absolute atomic E-state index is 5.59. The number of thiophene rings is 1. The van der Waals surface area contributed by atoms with Crippen molar-refractivity contribution in [1.82, 2.24) is 5.32 Å². The molecule has 0 amide bonds. The number of ether oxygens (including phenoxy) is 1. The average Bonchev–Trinajstić information content (AvgIpc) is 3.01. The average molecular weight is 303 g/mol. The summed E-state index contributed by atoms with van der Waals surface area (Å²) < 4.78 is 5.59. The highest BCUT2D eigenvalue weighted by Crippen LogP contribution is 2.29. The number of hydrogen-bond acceptors (Lipinski definition) is 3. The van der Waals surface area contributed by atoms with Crippen molar-refractivity contribution in [2.24, 2.45) is 0 Å². The smallest absolute Gasteiger partial charge is 0.123 e. The molecule has 21 heavy (non-hydrogen) atoms. The molecule has 1 heterocycles. The number of benzene rings is 1. The molecule has 0 saturated carbocycles. The third-order valence-corrected chi connectivity index (χ3v) is 4.60. The van der Waals surface area contributed by atoms with Crippen LogP contribution in [0, 0.1) is 6.92 Å². The molecule has 0 radical (unpaired) electrons. The second-order valence-corrected chi connectivity index (χ2v) is 6.40. The summed E-state index contributed by atoms with van der Waals surface area (Å²) in [6, 6.07) is 11.2. The van der Waals surface area contributed by atoms with Crippen molar-refractivity contribution in [2.75, 3.05) is 13.7 Å². The maximum Gasteiger partial charge on any atom is 0.123 e. The molecule has 1 aromatic heterocycles. The van der Waals surface area contributed by atoms with Gasteiger partial charge >= 0.3 is 0 Å². The van der Waals surface area contributed by atoms with E-state index >= 15 is 0 Å². The van der Waals surface area contributed by atoms with Crippen molar-refractivity contribution < 1.29 is 4.74 Å². The Balaban J connectivity index is 2.14. The highest BCUT2D eigenvalue weighted by molar-refractivity contribution is 7.09. The van der Waals surface area contributed by atoms with Crippen LogP contribution in [0.3, 0.4) is 0 Å². The molecule has 0 aliphatic rings. The van der Waals surface area contributed by atoms with Crippen LogP contribution in [-0.4, -0.2) is 13.7 Å². The van der Waals surface area contributed by atoms with Crippen LogP contribution in [0.4, 0.5) is 0 Å². The topological polar surface area (TPSA) is 21.3 Å². The van der Waals surface area contributed by atoms with Crippen LogP contribution in [0.2, 0.25) is 0 Å². The van der Waals surface area contributed by atoms with Crippen molar-refractivity contribution >= 4 is 11.3 Å². The van der Waals surface area contributed by atoms with Crippen molar-refractivity contribution in [3.63, 3.8) is 0 Å². The minimum Gasteiger partial charge on any atom is -0.496 e. The van der Waals surface area contributed by atoms with Gasteiger partial charge in [0.25, 0.3) is 0 Å². The van der Waals surface area contributed by atoms with Gasteiger partial charge in [-0.15, -0.1) is 11.3 Å². The Hall–Kier alpha value is -1.32. The van der Waals surface area contributed by atoms with E-state index in [0.29, 0.717) is 6.04 Å². The first-order valence-electron chi connectivity index (χ1n) is 7.65. The van der Waals surface area contributed by atoms with E-state index in [2.05, 4.69) is 54.9 Å². The predicted molar refractivity (Wildman–Crippen MR) is 91.4 cm³/mol. The van der Waals surface area contributed by atoms with Crippen LogP contribution in [0.1, 0.15) is 41.8 Å². The summed E-state index contributed by atoms with van der Waals surface area (Å²) in [5.41, 5.74) is 2.51. The van der Waals surface area contributed by atoms with Crippen LogP contribution < -0.4 is 10.1 Å². The molecule has 0 aliphatic carbocycles. The van der Waals surface area contributed by atoms with Crippen LogP contribution >= 0.6 is 11.3 Å². The zero-order chi connectivity index (χ0) is 15.1. The van der Waals surface area contributed by atoms with Crippen LogP contribution in [0.25, 0.3) is 0 Å². The molecule has 114 valence electrons. The first kappa shape index (κ1) is 16.1. The second-order valence-electron chi connectivity index (χ2n) is 5.37. The fourth-order valence-electron chi connectivity index (χ4n) is 2.53. The van der Waals surface area contributed by atoms with Crippen molar-refractivity contribution in [3.05, 3.63) is 51.7 Å². The molecule has 2 nitrogen and oxygen atoms in total. The Labute approximate surface area is 132 Å². The molecule has 0 spiro atoms. The minimum atomic E-state index is 0.350. The molecule has 1 unspecified atom stereocenters. The van der Waals surface area contributed by atoms with Crippen molar-refractivity contribution in [1.29, 1.82) is 0 Å². The minimum absolute atomic E-state index is 0.350. The predicted octanol–water partition coefficient (Wildman–Crippen LogP) is 4.74. The van der Waals surface area contributed by atoms with Gasteiger partial charge in [0.1, 0.15) is 5.75 Å². The van der Waals surface area contributed by atoms with Gasteiger partial charge in [-0.25, -0.2) is 0 Å². The van der Waals surface area contributed by atoms with E-state index in [1.807, 2.05) is 11.3 Å². The fourth-order valence-corrected chi connectivity index (χ4v) is 3.26. The molecule has 0 bridgehead atoms. The molecule has 0 saturated heterocycles. The van der Waals surface area contributed by atoms with Gasteiger partial charge in [-0.2, -0.15) is 0 Å². The zero-order valence-corrected chi connectivity index (χ0v) is 14.0. The lowest BCUT2D eigenvalue weighted by Gasteiger charge is -2.21. The lowest BCUT2D eigenvalue weighted by atomic mass is 9.99. The SMILES string of the molecule is CCCNC(CCc1cccs1)c1ccc(C)cc1OC. The Morgan fingerprint density at radius 1 is 1.29 bits per heavy atom. The normalized spacial score (nSPS) is 12.3. The lowest BCUT2D eigenvalue weighted by Crippen LogP contribution is -2.23. The Morgan fingerprint density at radius 2 is 2.14 bits per heavy atom. The van der Waals surface area contributed by atoms with Gasteiger partial charge in [0.15, 0.2) is 0 Å². The number of rotatable bonds is 8. The number of nitrogens with one attached hydrogen (secondary N) is 1. The second kappa shape index (κ2) is 8.20. The molecule has 2 rings (SSSR count). The molecule has 1 N–H and O–H groups in total. The lowest BCUT2D eigenvalue weighted by molar-refractivity contribution is 0.394. The first-order chi connectivity index (χ1) is 10.2. The Morgan fingerprint density at radius 3 is 2.81 bits per heavy atom. The molecular weight excluding hydrogens is 278 g/mol. The summed E-state index contributed by atoms with van der Waals surface area (Å²) in [5.74, 6) is 0.995. The summed E-state index contributed by atoms with van der Waals surface area (Å²) in [4.78, 5) is 1.45. The van der Waals surface area contributed by atoms with E-state index in [0.717, 1.165) is 31.6 Å². The molecule has 2 aromatic rings. The number of hydrogen-bond donors (Lipinski definition) is 1. The molecule has 1 aromatic carbocycles. The van der Waals surface area contributed by atoms with Gasteiger partial charge in [-0.3, -0.25) is 0 Å². The number of aryl methyl sites for hydroxylation is 2. The molecule has 0 fully saturated rings. The van der Waals surface area contributed by atoms with E-state index < -0.39 is 0 Å². The van der Waals surface area contributed by atoms with Crippen LogP contribution in [-0.2, 0) is 6.42 Å². The summed E-state index contributed by atoms with van der Waals surface area (Å²) in [6.07, 6.45) is 3.35. The Bertz CT molecular complexity index is 536. The van der Waals surface area contributed by atoms with Gasteiger partial charge in [0.2, 0.25) is 0 Å². The standard InChI is InChI=1S/C18H25NOS/c1-4-11-19-17(10-8-15-6-5-12-21-15)16-9-7-14(2)13-18(16)20-3/h5-7,9,12-13,17,19H,4,8,10-11H2,1-3H3. The van der Waals surface area contributed by atoms with Gasteiger partial charge in [0.05, 0.1) is 7.11 Å². The summed E-state index contributed by atoms with van der Waals surface area (Å²) in [7, 11) is 1.76. The van der Waals surface area contributed by atoms with Crippen LogP contribution in [0.5, 0.6) is 5.75 Å². The fraction of sp³-hybridized carbons (Fsp3) is 0.444. The van der Waals surface area contributed by atoms with E-state index in [-0.39, 0.29) is 0 Å². The monoisotopic (exact) mass is 303 g/mol. The van der Waals surface area contributed by atoms with Gasteiger partial charge < -0.3 is 10.1 Å². The van der Waals surface area contributed by atoms with E-state index in [1.54, 1.807) is 7.11 Å². The highest BCUT2D eigenvalue weighted by atomic mass is 32.1. The summed E-state index contributed by atoms with van der Waals surface area (Å²) >= 11 is 1.84. The van der Waals surface area contributed by atoms with Crippen molar-refractivity contribution in [2.45, 2.75) is 39.2 Å². The molecule has 0 aliphatic heterocycles. The third kappa shape index (κ3) is 4.58.